The molecule has 78 valence electrons. The lowest BCUT2D eigenvalue weighted by Crippen LogP contribution is -2.33. The van der Waals surface area contributed by atoms with E-state index in [0.717, 1.165) is 25.7 Å². The minimum atomic E-state index is -0.0355. The van der Waals surface area contributed by atoms with Gasteiger partial charge in [0.25, 0.3) is 0 Å². The van der Waals surface area contributed by atoms with Crippen LogP contribution in [0.4, 0.5) is 0 Å². The highest BCUT2D eigenvalue weighted by molar-refractivity contribution is 5.57. The summed E-state index contributed by atoms with van der Waals surface area (Å²) in [6, 6.07) is -0.0355. The number of aldehydes is 1. The van der Waals surface area contributed by atoms with E-state index in [1.165, 1.54) is 19.3 Å². The van der Waals surface area contributed by atoms with Gasteiger partial charge in [0.05, 0.1) is 6.04 Å². The largest absolute Gasteiger partial charge is 0.330 e. The number of rotatable bonds is 9. The molecule has 0 bridgehead atoms. The molecule has 0 saturated carbocycles. The third kappa shape index (κ3) is 7.94. The molecule has 0 amide bonds. The normalized spacial score (nSPS) is 12.8. The Hall–Kier alpha value is -0.410. The monoisotopic (exact) mass is 186 g/mol. The van der Waals surface area contributed by atoms with Gasteiger partial charge in [0, 0.05) is 0 Å². The average Bonchev–Trinajstić information content (AvgIpc) is 2.16. The van der Waals surface area contributed by atoms with Crippen LogP contribution in [-0.4, -0.2) is 25.4 Å². The third-order valence-electron chi connectivity index (χ3n) is 2.08. The fourth-order valence-electron chi connectivity index (χ4n) is 1.24. The first kappa shape index (κ1) is 12.6. The topological polar surface area (TPSA) is 55.1 Å². The summed E-state index contributed by atoms with van der Waals surface area (Å²) in [6.07, 6.45) is 6.63. The zero-order valence-corrected chi connectivity index (χ0v) is 8.59. The molecular weight excluding hydrogens is 164 g/mol. The Bertz CT molecular complexity index is 117. The van der Waals surface area contributed by atoms with Crippen molar-refractivity contribution in [1.82, 2.24) is 5.32 Å². The number of nitrogens with two attached hydrogens (primary N) is 1. The second-order valence-corrected chi connectivity index (χ2v) is 3.33. The average molecular weight is 186 g/mol. The maximum absolute atomic E-state index is 10.5. The number of nitrogens with one attached hydrogen (secondary N) is 1. The van der Waals surface area contributed by atoms with Crippen LogP contribution in [0, 0.1) is 0 Å². The van der Waals surface area contributed by atoms with Crippen molar-refractivity contribution in [2.24, 2.45) is 5.73 Å². The van der Waals surface area contributed by atoms with Crippen LogP contribution >= 0.6 is 0 Å². The van der Waals surface area contributed by atoms with Crippen molar-refractivity contribution in [2.75, 3.05) is 13.1 Å². The van der Waals surface area contributed by atoms with E-state index in [2.05, 4.69) is 12.2 Å². The van der Waals surface area contributed by atoms with E-state index in [1.807, 2.05) is 0 Å². The quantitative estimate of drug-likeness (QED) is 0.418. The molecule has 0 radical (unpaired) electrons. The summed E-state index contributed by atoms with van der Waals surface area (Å²) in [5, 5.41) is 3.18. The van der Waals surface area contributed by atoms with E-state index >= 15 is 0 Å². The molecule has 0 fully saturated rings. The van der Waals surface area contributed by atoms with Gasteiger partial charge in [-0.1, -0.05) is 26.2 Å². The summed E-state index contributed by atoms with van der Waals surface area (Å²) in [7, 11) is 0. The lowest BCUT2D eigenvalue weighted by Gasteiger charge is -2.10. The molecule has 13 heavy (non-hydrogen) atoms. The predicted molar refractivity (Wildman–Crippen MR) is 55.7 cm³/mol. The Labute approximate surface area is 81.1 Å². The summed E-state index contributed by atoms with van der Waals surface area (Å²) >= 11 is 0. The Balaban J connectivity index is 3.22. The summed E-state index contributed by atoms with van der Waals surface area (Å²) in [6.45, 7) is 3.70. The van der Waals surface area contributed by atoms with Crippen LogP contribution in [0.5, 0.6) is 0 Å². The fraction of sp³-hybridized carbons (Fsp3) is 0.900. The van der Waals surface area contributed by atoms with Crippen molar-refractivity contribution >= 4 is 6.29 Å². The van der Waals surface area contributed by atoms with Crippen molar-refractivity contribution in [3.05, 3.63) is 0 Å². The lowest BCUT2D eigenvalue weighted by molar-refractivity contribution is -0.109. The summed E-state index contributed by atoms with van der Waals surface area (Å²) in [4.78, 5) is 10.5. The summed E-state index contributed by atoms with van der Waals surface area (Å²) in [5.74, 6) is 0. The van der Waals surface area contributed by atoms with Crippen molar-refractivity contribution < 1.29 is 4.79 Å². The van der Waals surface area contributed by atoms with Crippen LogP contribution in [0.1, 0.15) is 39.0 Å². The Kier molecular flexibility index (Phi) is 9.37. The molecule has 3 nitrogen and oxygen atoms in total. The first-order valence-electron chi connectivity index (χ1n) is 5.23. The maximum atomic E-state index is 10.5. The Morgan fingerprint density at radius 3 is 2.69 bits per heavy atom. The molecule has 0 heterocycles. The highest BCUT2D eigenvalue weighted by Gasteiger charge is 2.03. The number of hydrogen-bond acceptors (Lipinski definition) is 3. The highest BCUT2D eigenvalue weighted by Crippen LogP contribution is 1.97. The van der Waals surface area contributed by atoms with E-state index < -0.39 is 0 Å². The molecule has 0 unspecified atom stereocenters. The minimum absolute atomic E-state index is 0.0355. The van der Waals surface area contributed by atoms with E-state index in [0.29, 0.717) is 6.54 Å². The minimum Gasteiger partial charge on any atom is -0.330 e. The molecule has 0 aliphatic carbocycles. The van der Waals surface area contributed by atoms with Gasteiger partial charge in [0.15, 0.2) is 0 Å². The molecule has 0 aliphatic rings. The molecular formula is C10H22N2O. The standard InChI is InChI=1S/C10H22N2O/c1-2-3-4-5-8-12-10(9-13)6-7-11/h9-10,12H,2-8,11H2,1H3/t10-/m0/s1. The zero-order chi connectivity index (χ0) is 9.94. The van der Waals surface area contributed by atoms with E-state index in [-0.39, 0.29) is 6.04 Å². The Morgan fingerprint density at radius 2 is 2.15 bits per heavy atom. The molecule has 3 heteroatoms. The van der Waals surface area contributed by atoms with Crippen LogP contribution in [-0.2, 0) is 4.79 Å². The lowest BCUT2D eigenvalue weighted by atomic mass is 10.2. The number of carbonyl (C=O) groups is 1. The van der Waals surface area contributed by atoms with E-state index in [9.17, 15) is 4.79 Å². The molecule has 0 rings (SSSR count). The van der Waals surface area contributed by atoms with Crippen LogP contribution in [0.25, 0.3) is 0 Å². The van der Waals surface area contributed by atoms with Gasteiger partial charge in [-0.25, -0.2) is 0 Å². The second-order valence-electron chi connectivity index (χ2n) is 3.33. The molecule has 1 atom stereocenters. The van der Waals surface area contributed by atoms with Gasteiger partial charge in [0.2, 0.25) is 0 Å². The van der Waals surface area contributed by atoms with Gasteiger partial charge in [-0.05, 0) is 25.9 Å². The molecule has 0 aromatic heterocycles. The molecule has 0 saturated heterocycles. The second kappa shape index (κ2) is 9.68. The number of carbonyl (C=O) groups excluding carboxylic acids is 1. The van der Waals surface area contributed by atoms with Gasteiger partial charge in [-0.3, -0.25) is 0 Å². The maximum Gasteiger partial charge on any atom is 0.136 e. The molecule has 0 spiro atoms. The third-order valence-corrected chi connectivity index (χ3v) is 2.08. The van der Waals surface area contributed by atoms with E-state index in [1.54, 1.807) is 0 Å². The van der Waals surface area contributed by atoms with Gasteiger partial charge < -0.3 is 15.8 Å². The van der Waals surface area contributed by atoms with Crippen LogP contribution in [0.2, 0.25) is 0 Å². The smallest absolute Gasteiger partial charge is 0.136 e. The summed E-state index contributed by atoms with van der Waals surface area (Å²) < 4.78 is 0. The molecule has 0 aromatic rings. The SMILES string of the molecule is CCCCCCN[C@H](C=O)CCN. The van der Waals surface area contributed by atoms with Crippen LogP contribution in [0.15, 0.2) is 0 Å². The number of unbranched alkanes of at least 4 members (excludes halogenated alkanes) is 3. The highest BCUT2D eigenvalue weighted by atomic mass is 16.1. The molecule has 3 N–H and O–H groups in total. The van der Waals surface area contributed by atoms with Gasteiger partial charge in [-0.2, -0.15) is 0 Å². The first-order chi connectivity index (χ1) is 6.35. The summed E-state index contributed by atoms with van der Waals surface area (Å²) in [5.41, 5.74) is 5.36. The van der Waals surface area contributed by atoms with Crippen LogP contribution < -0.4 is 11.1 Å². The zero-order valence-electron chi connectivity index (χ0n) is 8.59. The van der Waals surface area contributed by atoms with Gasteiger partial charge in [0.1, 0.15) is 6.29 Å². The number of hydrogen-bond donors (Lipinski definition) is 2. The van der Waals surface area contributed by atoms with E-state index in [4.69, 9.17) is 5.73 Å². The van der Waals surface area contributed by atoms with Crippen molar-refractivity contribution in [3.8, 4) is 0 Å². The molecule has 0 aromatic carbocycles. The van der Waals surface area contributed by atoms with Crippen LogP contribution in [0.3, 0.4) is 0 Å². The Morgan fingerprint density at radius 1 is 1.38 bits per heavy atom. The predicted octanol–water partition coefficient (Wildman–Crippen LogP) is 1.07. The van der Waals surface area contributed by atoms with Crippen molar-refractivity contribution in [1.29, 1.82) is 0 Å². The van der Waals surface area contributed by atoms with Gasteiger partial charge >= 0.3 is 0 Å². The van der Waals surface area contributed by atoms with Crippen molar-refractivity contribution in [3.63, 3.8) is 0 Å². The van der Waals surface area contributed by atoms with Crippen molar-refractivity contribution in [2.45, 2.75) is 45.1 Å². The fourth-order valence-corrected chi connectivity index (χ4v) is 1.24. The first-order valence-corrected chi connectivity index (χ1v) is 5.23. The van der Waals surface area contributed by atoms with Gasteiger partial charge in [-0.15, -0.1) is 0 Å². The molecule has 0 aliphatic heterocycles.